The van der Waals surface area contributed by atoms with E-state index in [-0.39, 0.29) is 12.1 Å². The summed E-state index contributed by atoms with van der Waals surface area (Å²) in [6.07, 6.45) is 4.08. The van der Waals surface area contributed by atoms with Gasteiger partial charge in [-0.25, -0.2) is 4.79 Å². The fourth-order valence-corrected chi connectivity index (χ4v) is 4.62. The van der Waals surface area contributed by atoms with Gasteiger partial charge in [0, 0.05) is 40.6 Å². The second kappa shape index (κ2) is 9.19. The molecule has 1 aliphatic rings. The van der Waals surface area contributed by atoms with E-state index < -0.39 is 0 Å². The Hall–Kier alpha value is -3.45. The van der Waals surface area contributed by atoms with Crippen LogP contribution in [0.1, 0.15) is 29.8 Å². The van der Waals surface area contributed by atoms with Gasteiger partial charge in [0.25, 0.3) is 0 Å². The Kier molecular flexibility index (Phi) is 5.96. The molecule has 0 radical (unpaired) electrons. The van der Waals surface area contributed by atoms with Crippen molar-refractivity contribution in [1.29, 1.82) is 0 Å². The van der Waals surface area contributed by atoms with Crippen LogP contribution in [0.3, 0.4) is 0 Å². The van der Waals surface area contributed by atoms with Crippen molar-refractivity contribution >= 4 is 28.6 Å². The summed E-state index contributed by atoms with van der Waals surface area (Å²) >= 11 is 6.27. The number of benzene rings is 2. The number of hydrogen-bond acceptors (Lipinski definition) is 4. The average Bonchev–Trinajstić information content (AvgIpc) is 3.47. The number of nitrogens with one attached hydrogen (secondary N) is 1. The van der Waals surface area contributed by atoms with E-state index in [9.17, 15) is 4.79 Å². The molecule has 0 saturated carbocycles. The lowest BCUT2D eigenvalue weighted by atomic mass is 9.92. The highest BCUT2D eigenvalue weighted by molar-refractivity contribution is 6.31. The van der Waals surface area contributed by atoms with Gasteiger partial charge in [-0.05, 0) is 60.9 Å². The first kappa shape index (κ1) is 21.4. The molecule has 2 aromatic carbocycles. The van der Waals surface area contributed by atoms with Gasteiger partial charge in [-0.1, -0.05) is 23.7 Å². The number of nitrogens with zero attached hydrogens (tertiary/aromatic N) is 3. The Balaban J connectivity index is 1.44. The third kappa shape index (κ3) is 4.28. The molecule has 0 saturated heterocycles. The molecule has 0 fully saturated rings. The second-order valence-corrected chi connectivity index (χ2v) is 8.38. The molecule has 2 aromatic heterocycles. The fourth-order valence-electron chi connectivity index (χ4n) is 4.45. The number of aromatic amines is 1. The third-order valence-corrected chi connectivity index (χ3v) is 6.17. The second-order valence-electron chi connectivity index (χ2n) is 7.94. The minimum Gasteiger partial charge on any atom is -0.492 e. The molecule has 1 N–H and O–H groups in total. The summed E-state index contributed by atoms with van der Waals surface area (Å²) in [6, 6.07) is 15.3. The largest absolute Gasteiger partial charge is 0.492 e. The molecule has 0 bridgehead atoms. The molecule has 3 heterocycles. The van der Waals surface area contributed by atoms with Gasteiger partial charge in [-0.2, -0.15) is 5.10 Å². The number of carbonyl (C=O) groups excluding carboxylic acids is 1. The number of rotatable bonds is 6. The van der Waals surface area contributed by atoms with Crippen molar-refractivity contribution in [2.24, 2.45) is 0 Å². The molecule has 1 aliphatic heterocycles. The fraction of sp³-hybridized carbons (Fsp3) is 0.280. The Morgan fingerprint density at radius 2 is 2.09 bits per heavy atom. The van der Waals surface area contributed by atoms with E-state index in [0.29, 0.717) is 31.3 Å². The molecule has 0 spiro atoms. The highest BCUT2D eigenvalue weighted by Crippen LogP contribution is 2.39. The van der Waals surface area contributed by atoms with Crippen LogP contribution in [-0.2, 0) is 17.7 Å². The van der Waals surface area contributed by atoms with Gasteiger partial charge in [0.1, 0.15) is 18.4 Å². The van der Waals surface area contributed by atoms with Gasteiger partial charge in [-0.15, -0.1) is 0 Å². The maximum atomic E-state index is 12.8. The molecule has 1 amide bonds. The molecule has 1 atom stereocenters. The summed E-state index contributed by atoms with van der Waals surface area (Å²) in [4.78, 5) is 18.1. The molecule has 7 nitrogen and oxygen atoms in total. The Bertz CT molecular complexity index is 1250. The predicted molar refractivity (Wildman–Crippen MR) is 127 cm³/mol. The predicted octanol–water partition coefficient (Wildman–Crippen LogP) is 5.20. The van der Waals surface area contributed by atoms with Crippen LogP contribution in [0, 0.1) is 0 Å². The van der Waals surface area contributed by atoms with E-state index in [1.54, 1.807) is 11.1 Å². The van der Waals surface area contributed by atoms with Crippen LogP contribution in [0.15, 0.2) is 60.9 Å². The molecule has 5 rings (SSSR count). The van der Waals surface area contributed by atoms with E-state index in [0.717, 1.165) is 34.3 Å². The number of aromatic nitrogens is 3. The summed E-state index contributed by atoms with van der Waals surface area (Å²) < 4.78 is 13.1. The van der Waals surface area contributed by atoms with Crippen LogP contribution >= 0.6 is 11.6 Å². The van der Waals surface area contributed by atoms with Crippen molar-refractivity contribution in [2.75, 3.05) is 19.8 Å². The van der Waals surface area contributed by atoms with Gasteiger partial charge < -0.3 is 14.5 Å². The molecule has 0 aliphatic carbocycles. The highest BCUT2D eigenvalue weighted by Gasteiger charge is 2.35. The van der Waals surface area contributed by atoms with Gasteiger partial charge in [-0.3, -0.25) is 9.58 Å². The molecule has 4 aromatic rings. The van der Waals surface area contributed by atoms with Gasteiger partial charge >= 0.3 is 6.09 Å². The normalized spacial score (nSPS) is 15.5. The lowest BCUT2D eigenvalue weighted by Gasteiger charge is -2.35. The summed E-state index contributed by atoms with van der Waals surface area (Å²) in [5, 5.41) is 5.98. The lowest BCUT2D eigenvalue weighted by Crippen LogP contribution is -2.40. The van der Waals surface area contributed by atoms with E-state index in [2.05, 4.69) is 10.1 Å². The van der Waals surface area contributed by atoms with Crippen molar-refractivity contribution in [3.05, 3.63) is 82.8 Å². The Labute approximate surface area is 196 Å². The van der Waals surface area contributed by atoms with E-state index in [1.165, 1.54) is 5.56 Å². The first-order valence-electron chi connectivity index (χ1n) is 11.1. The average molecular weight is 465 g/mol. The summed E-state index contributed by atoms with van der Waals surface area (Å²) in [5.74, 6) is 0.771. The van der Waals surface area contributed by atoms with E-state index in [4.69, 9.17) is 21.1 Å². The van der Waals surface area contributed by atoms with Gasteiger partial charge in [0.15, 0.2) is 0 Å². The maximum absolute atomic E-state index is 12.8. The number of carbonyl (C=O) groups is 1. The van der Waals surface area contributed by atoms with E-state index in [1.807, 2.05) is 66.3 Å². The number of ether oxygens (including phenoxy) is 2. The highest BCUT2D eigenvalue weighted by atomic mass is 35.5. The van der Waals surface area contributed by atoms with Crippen molar-refractivity contribution in [3.63, 3.8) is 0 Å². The summed E-state index contributed by atoms with van der Waals surface area (Å²) in [5.41, 5.74) is 4.19. The number of amides is 1. The monoisotopic (exact) mass is 464 g/mol. The quantitative estimate of drug-likeness (QED) is 0.425. The first-order valence-corrected chi connectivity index (χ1v) is 11.5. The minimum absolute atomic E-state index is 0.280. The van der Waals surface area contributed by atoms with E-state index >= 15 is 0 Å². The standard InChI is InChI=1S/C25H25ClN4O3/c1-2-32-25(31)30-13-10-20-21-16-18(26)6-9-22(21)28-23(20)24(30)17-4-7-19(8-5-17)33-15-14-29-12-3-11-27-29/h3-9,11-12,16,24,28H,2,10,13-15H2,1H3. The van der Waals surface area contributed by atoms with Crippen molar-refractivity contribution in [1.82, 2.24) is 19.7 Å². The molecule has 170 valence electrons. The molecule has 8 heteroatoms. The van der Waals surface area contributed by atoms with Crippen molar-refractivity contribution < 1.29 is 14.3 Å². The first-order chi connectivity index (χ1) is 16.1. The third-order valence-electron chi connectivity index (χ3n) is 5.94. The number of fused-ring (bicyclic) bond motifs is 3. The number of hydrogen-bond donors (Lipinski definition) is 1. The Morgan fingerprint density at radius 3 is 2.85 bits per heavy atom. The summed E-state index contributed by atoms with van der Waals surface area (Å²) in [7, 11) is 0. The van der Waals surface area contributed by atoms with Crippen LogP contribution < -0.4 is 4.74 Å². The summed E-state index contributed by atoms with van der Waals surface area (Å²) in [6.45, 7) is 3.92. The molecule has 33 heavy (non-hydrogen) atoms. The van der Waals surface area contributed by atoms with Gasteiger partial charge in [0.05, 0.1) is 13.2 Å². The lowest BCUT2D eigenvalue weighted by molar-refractivity contribution is 0.0932. The van der Waals surface area contributed by atoms with Crippen LogP contribution in [0.25, 0.3) is 10.9 Å². The van der Waals surface area contributed by atoms with Crippen LogP contribution in [0.2, 0.25) is 5.02 Å². The Morgan fingerprint density at radius 1 is 1.24 bits per heavy atom. The maximum Gasteiger partial charge on any atom is 0.410 e. The molecular formula is C25H25ClN4O3. The van der Waals surface area contributed by atoms with Crippen LogP contribution in [-0.4, -0.2) is 45.5 Å². The minimum atomic E-state index is -0.315. The zero-order valence-corrected chi connectivity index (χ0v) is 19.1. The number of halogens is 1. The van der Waals surface area contributed by atoms with Crippen LogP contribution in [0.5, 0.6) is 5.75 Å². The zero-order valence-electron chi connectivity index (χ0n) is 18.3. The SMILES string of the molecule is CCOC(=O)N1CCc2c([nH]c3ccc(Cl)cc23)C1c1ccc(OCCn2cccn2)cc1. The topological polar surface area (TPSA) is 72.4 Å². The van der Waals surface area contributed by atoms with Crippen molar-refractivity contribution in [2.45, 2.75) is 25.9 Å². The number of H-pyrrole nitrogens is 1. The molecular weight excluding hydrogens is 440 g/mol. The smallest absolute Gasteiger partial charge is 0.410 e. The zero-order chi connectivity index (χ0) is 22.8. The van der Waals surface area contributed by atoms with Crippen molar-refractivity contribution in [3.8, 4) is 5.75 Å². The van der Waals surface area contributed by atoms with Gasteiger partial charge in [0.2, 0.25) is 0 Å². The molecule has 1 unspecified atom stereocenters. The van der Waals surface area contributed by atoms with Crippen LogP contribution in [0.4, 0.5) is 4.79 Å².